The van der Waals surface area contributed by atoms with E-state index in [-0.39, 0.29) is 0 Å². The lowest BCUT2D eigenvalue weighted by atomic mass is 10.1. The molecule has 0 saturated heterocycles. The van der Waals surface area contributed by atoms with Gasteiger partial charge in [0.2, 0.25) is 0 Å². The maximum absolute atomic E-state index is 5.83. The third-order valence-electron chi connectivity index (χ3n) is 2.79. The summed E-state index contributed by atoms with van der Waals surface area (Å²) in [6, 6.07) is 5.94. The van der Waals surface area contributed by atoms with E-state index in [0.717, 1.165) is 34.6 Å². The van der Waals surface area contributed by atoms with E-state index in [9.17, 15) is 0 Å². The first kappa shape index (κ1) is 14.0. The van der Waals surface area contributed by atoms with Crippen LogP contribution in [0.5, 0.6) is 5.75 Å². The fourth-order valence-corrected chi connectivity index (χ4v) is 2.25. The van der Waals surface area contributed by atoms with Gasteiger partial charge in [-0.05, 0) is 43.7 Å². The summed E-state index contributed by atoms with van der Waals surface area (Å²) in [4.78, 5) is 4.19. The van der Waals surface area contributed by atoms with Crippen molar-refractivity contribution in [3.63, 3.8) is 0 Å². The number of benzene rings is 1. The van der Waals surface area contributed by atoms with Crippen LogP contribution in [-0.2, 0) is 19.6 Å². The Morgan fingerprint density at radius 3 is 3.00 bits per heavy atom. The highest BCUT2D eigenvalue weighted by atomic mass is 79.9. The molecule has 6 heteroatoms. The standard InChI is InChI=1S/C13H17BrN4O/c1-2-18-13(16-9-17-18)8-19-12-4-3-11(14)7-10(12)5-6-15/h3-4,7,9H,2,5-6,8,15H2,1H3. The van der Waals surface area contributed by atoms with Crippen LogP contribution in [0, 0.1) is 0 Å². The van der Waals surface area contributed by atoms with Crippen LogP contribution in [0.4, 0.5) is 0 Å². The van der Waals surface area contributed by atoms with Crippen LogP contribution in [0.15, 0.2) is 29.0 Å². The Morgan fingerprint density at radius 1 is 1.42 bits per heavy atom. The molecular formula is C13H17BrN4O. The summed E-state index contributed by atoms with van der Waals surface area (Å²) < 4.78 is 8.68. The molecule has 0 unspecified atom stereocenters. The van der Waals surface area contributed by atoms with Crippen molar-refractivity contribution in [3.8, 4) is 5.75 Å². The fourth-order valence-electron chi connectivity index (χ4n) is 1.85. The van der Waals surface area contributed by atoms with E-state index in [2.05, 4.69) is 26.0 Å². The van der Waals surface area contributed by atoms with Crippen molar-refractivity contribution in [2.45, 2.75) is 26.5 Å². The van der Waals surface area contributed by atoms with Crippen molar-refractivity contribution in [1.82, 2.24) is 14.8 Å². The zero-order valence-electron chi connectivity index (χ0n) is 10.8. The molecule has 2 aromatic rings. The smallest absolute Gasteiger partial charge is 0.164 e. The minimum atomic E-state index is 0.410. The molecule has 0 aliphatic heterocycles. The third-order valence-corrected chi connectivity index (χ3v) is 3.28. The predicted octanol–water partition coefficient (Wildman–Crippen LogP) is 2.14. The summed E-state index contributed by atoms with van der Waals surface area (Å²) in [5, 5.41) is 4.12. The van der Waals surface area contributed by atoms with Crippen LogP contribution < -0.4 is 10.5 Å². The molecule has 0 saturated carbocycles. The zero-order valence-corrected chi connectivity index (χ0v) is 12.4. The second-order valence-corrected chi connectivity index (χ2v) is 4.99. The van der Waals surface area contributed by atoms with Gasteiger partial charge in [0.15, 0.2) is 5.82 Å². The molecule has 0 atom stereocenters. The van der Waals surface area contributed by atoms with Gasteiger partial charge < -0.3 is 10.5 Å². The molecule has 19 heavy (non-hydrogen) atoms. The van der Waals surface area contributed by atoms with E-state index in [1.165, 1.54) is 0 Å². The predicted molar refractivity (Wildman–Crippen MR) is 76.9 cm³/mol. The Morgan fingerprint density at radius 2 is 2.26 bits per heavy atom. The first-order chi connectivity index (χ1) is 9.24. The topological polar surface area (TPSA) is 66.0 Å². The monoisotopic (exact) mass is 324 g/mol. The van der Waals surface area contributed by atoms with Crippen LogP contribution in [0.1, 0.15) is 18.3 Å². The van der Waals surface area contributed by atoms with Gasteiger partial charge in [-0.15, -0.1) is 0 Å². The van der Waals surface area contributed by atoms with Crippen molar-refractivity contribution >= 4 is 15.9 Å². The number of halogens is 1. The highest BCUT2D eigenvalue weighted by molar-refractivity contribution is 9.10. The number of nitrogens with two attached hydrogens (primary N) is 1. The van der Waals surface area contributed by atoms with E-state index in [1.54, 1.807) is 6.33 Å². The molecule has 1 heterocycles. The second-order valence-electron chi connectivity index (χ2n) is 4.07. The van der Waals surface area contributed by atoms with Gasteiger partial charge in [0.1, 0.15) is 18.7 Å². The Hall–Kier alpha value is -1.40. The number of nitrogens with zero attached hydrogens (tertiary/aromatic N) is 3. The molecule has 0 spiro atoms. The number of ether oxygens (including phenoxy) is 1. The lowest BCUT2D eigenvalue weighted by Gasteiger charge is -2.11. The number of aryl methyl sites for hydroxylation is 1. The molecular weight excluding hydrogens is 308 g/mol. The van der Waals surface area contributed by atoms with Gasteiger partial charge in [-0.25, -0.2) is 9.67 Å². The van der Waals surface area contributed by atoms with E-state index in [0.29, 0.717) is 13.2 Å². The summed E-state index contributed by atoms with van der Waals surface area (Å²) in [6.45, 7) is 3.82. The number of hydrogen-bond acceptors (Lipinski definition) is 4. The summed E-state index contributed by atoms with van der Waals surface area (Å²) in [7, 11) is 0. The van der Waals surface area contributed by atoms with Gasteiger partial charge in [0.05, 0.1) is 0 Å². The minimum absolute atomic E-state index is 0.410. The summed E-state index contributed by atoms with van der Waals surface area (Å²) in [5.41, 5.74) is 6.72. The maximum Gasteiger partial charge on any atom is 0.164 e. The second kappa shape index (κ2) is 6.68. The Bertz CT molecular complexity index is 541. The first-order valence-corrected chi connectivity index (χ1v) is 7.02. The molecule has 1 aromatic carbocycles. The van der Waals surface area contributed by atoms with Crippen LogP contribution in [0.3, 0.4) is 0 Å². The maximum atomic E-state index is 5.83. The van der Waals surface area contributed by atoms with E-state index in [1.807, 2.05) is 29.8 Å². The van der Waals surface area contributed by atoms with Crippen molar-refractivity contribution in [3.05, 3.63) is 40.4 Å². The van der Waals surface area contributed by atoms with Crippen molar-refractivity contribution in [2.24, 2.45) is 5.73 Å². The molecule has 0 bridgehead atoms. The highest BCUT2D eigenvalue weighted by Gasteiger charge is 2.07. The molecule has 0 aliphatic rings. The SMILES string of the molecule is CCn1ncnc1COc1ccc(Br)cc1CCN. The Kier molecular flexibility index (Phi) is 4.93. The Labute approximate surface area is 120 Å². The average molecular weight is 325 g/mol. The molecule has 5 nitrogen and oxygen atoms in total. The first-order valence-electron chi connectivity index (χ1n) is 6.22. The van der Waals surface area contributed by atoms with E-state index < -0.39 is 0 Å². The van der Waals surface area contributed by atoms with Crippen LogP contribution in [-0.4, -0.2) is 21.3 Å². The van der Waals surface area contributed by atoms with Gasteiger partial charge in [0, 0.05) is 11.0 Å². The van der Waals surface area contributed by atoms with Gasteiger partial charge in [-0.3, -0.25) is 0 Å². The van der Waals surface area contributed by atoms with Crippen LogP contribution in [0.2, 0.25) is 0 Å². The summed E-state index contributed by atoms with van der Waals surface area (Å²) in [6.07, 6.45) is 2.33. The molecule has 0 fully saturated rings. The van der Waals surface area contributed by atoms with Crippen LogP contribution in [0.25, 0.3) is 0 Å². The molecule has 0 amide bonds. The molecule has 0 radical (unpaired) electrons. The number of rotatable bonds is 6. The third kappa shape index (κ3) is 3.54. The van der Waals surface area contributed by atoms with Gasteiger partial charge in [-0.1, -0.05) is 15.9 Å². The molecule has 1 aromatic heterocycles. The van der Waals surface area contributed by atoms with Crippen molar-refractivity contribution < 1.29 is 4.74 Å². The molecule has 2 N–H and O–H groups in total. The van der Waals surface area contributed by atoms with E-state index in [4.69, 9.17) is 10.5 Å². The van der Waals surface area contributed by atoms with E-state index >= 15 is 0 Å². The number of hydrogen-bond donors (Lipinski definition) is 1. The van der Waals surface area contributed by atoms with Gasteiger partial charge >= 0.3 is 0 Å². The number of aromatic nitrogens is 3. The summed E-state index contributed by atoms with van der Waals surface area (Å²) >= 11 is 3.46. The molecule has 2 rings (SSSR count). The van der Waals surface area contributed by atoms with Gasteiger partial charge in [-0.2, -0.15) is 5.10 Å². The highest BCUT2D eigenvalue weighted by Crippen LogP contribution is 2.24. The Balaban J connectivity index is 2.10. The van der Waals surface area contributed by atoms with Crippen molar-refractivity contribution in [1.29, 1.82) is 0 Å². The summed E-state index contributed by atoms with van der Waals surface area (Å²) in [5.74, 6) is 1.67. The minimum Gasteiger partial charge on any atom is -0.485 e. The largest absolute Gasteiger partial charge is 0.485 e. The van der Waals surface area contributed by atoms with Crippen LogP contribution >= 0.6 is 15.9 Å². The quantitative estimate of drug-likeness (QED) is 0.884. The molecule has 0 aliphatic carbocycles. The lowest BCUT2D eigenvalue weighted by Crippen LogP contribution is -2.09. The van der Waals surface area contributed by atoms with Gasteiger partial charge in [0.25, 0.3) is 0 Å². The molecule has 102 valence electrons. The fraction of sp³-hybridized carbons (Fsp3) is 0.385. The zero-order chi connectivity index (χ0) is 13.7. The average Bonchev–Trinajstić information content (AvgIpc) is 2.85. The normalized spacial score (nSPS) is 10.7. The van der Waals surface area contributed by atoms with Crippen molar-refractivity contribution in [2.75, 3.05) is 6.54 Å². The lowest BCUT2D eigenvalue weighted by molar-refractivity contribution is 0.284.